The van der Waals surface area contributed by atoms with E-state index in [1.807, 2.05) is 0 Å². The van der Waals surface area contributed by atoms with Crippen LogP contribution in [-0.4, -0.2) is 26.0 Å². The van der Waals surface area contributed by atoms with Crippen molar-refractivity contribution in [3.05, 3.63) is 42.1 Å². The van der Waals surface area contributed by atoms with Gasteiger partial charge in [-0.2, -0.15) is 13.2 Å². The highest BCUT2D eigenvalue weighted by Gasteiger charge is 2.37. The molecule has 0 radical (unpaired) electrons. The molecule has 1 heterocycles. The molecule has 6 nitrogen and oxygen atoms in total. The number of nitrogens with zero attached hydrogens (tertiary/aromatic N) is 1. The van der Waals surface area contributed by atoms with Crippen molar-refractivity contribution in [2.45, 2.75) is 11.1 Å². The number of hydrogen-bond acceptors (Lipinski definition) is 4. The molecule has 1 aromatic rings. The van der Waals surface area contributed by atoms with E-state index < -0.39 is 32.7 Å². The lowest BCUT2D eigenvalue weighted by Crippen LogP contribution is -2.46. The Labute approximate surface area is 118 Å². The maximum absolute atomic E-state index is 12.8. The van der Waals surface area contributed by atoms with Crippen LogP contribution in [0.1, 0.15) is 5.56 Å². The van der Waals surface area contributed by atoms with Gasteiger partial charge in [0.25, 0.3) is 10.0 Å². The molecular formula is C11H10F3N3O3S. The average Bonchev–Trinajstić information content (AvgIpc) is 2.91. The zero-order chi connectivity index (χ0) is 15.7. The molecule has 2 N–H and O–H groups in total. The molecule has 1 aromatic carbocycles. The van der Waals surface area contributed by atoms with Crippen molar-refractivity contribution in [2.24, 2.45) is 0 Å². The first-order valence-electron chi connectivity index (χ1n) is 5.63. The average molecular weight is 321 g/mol. The Morgan fingerprint density at radius 2 is 1.95 bits per heavy atom. The van der Waals surface area contributed by atoms with E-state index in [-0.39, 0.29) is 6.54 Å². The third kappa shape index (κ3) is 3.27. The third-order valence-corrected chi connectivity index (χ3v) is 3.96. The van der Waals surface area contributed by atoms with Gasteiger partial charge in [-0.15, -0.1) is 0 Å². The second-order valence-corrected chi connectivity index (χ2v) is 5.70. The molecule has 10 heteroatoms. The molecule has 2 amide bonds. The number of urea groups is 1. The highest BCUT2D eigenvalue weighted by atomic mass is 32.2. The first-order chi connectivity index (χ1) is 9.72. The minimum atomic E-state index is -4.85. The molecule has 0 bridgehead atoms. The van der Waals surface area contributed by atoms with Crippen LogP contribution in [-0.2, 0) is 16.2 Å². The first-order valence-corrected chi connectivity index (χ1v) is 7.12. The van der Waals surface area contributed by atoms with Crippen molar-refractivity contribution in [1.29, 1.82) is 0 Å². The lowest BCUT2D eigenvalue weighted by molar-refractivity contribution is -0.139. The molecule has 0 unspecified atom stereocenters. The first kappa shape index (κ1) is 15.2. The van der Waals surface area contributed by atoms with Gasteiger partial charge >= 0.3 is 12.2 Å². The summed E-state index contributed by atoms with van der Waals surface area (Å²) in [4.78, 5) is 10.6. The van der Waals surface area contributed by atoms with Crippen molar-refractivity contribution < 1.29 is 26.4 Å². The van der Waals surface area contributed by atoms with Crippen LogP contribution in [0.5, 0.6) is 0 Å². The monoisotopic (exact) mass is 321 g/mol. The number of amides is 2. The molecule has 0 saturated heterocycles. The smallest absolute Gasteiger partial charge is 0.302 e. The number of halogens is 3. The van der Waals surface area contributed by atoms with Gasteiger partial charge in [0.1, 0.15) is 0 Å². The minimum Gasteiger partial charge on any atom is -0.302 e. The maximum atomic E-state index is 12.8. The van der Waals surface area contributed by atoms with Gasteiger partial charge < -0.3 is 5.43 Å². The molecule has 1 aliphatic heterocycles. The van der Waals surface area contributed by atoms with E-state index in [0.29, 0.717) is 6.07 Å². The van der Waals surface area contributed by atoms with E-state index in [9.17, 15) is 26.4 Å². The van der Waals surface area contributed by atoms with Crippen molar-refractivity contribution >= 4 is 16.1 Å². The lowest BCUT2D eigenvalue weighted by Gasteiger charge is -2.18. The van der Waals surface area contributed by atoms with Gasteiger partial charge in [-0.05, 0) is 18.2 Å². The SMILES string of the molecule is O=C(NS(=O)(=O)c1ccccc1C(F)(F)F)N1CC=CN1. The fourth-order valence-electron chi connectivity index (χ4n) is 1.66. The number of sulfonamides is 1. The fourth-order valence-corrected chi connectivity index (χ4v) is 2.84. The standard InChI is InChI=1S/C11H10F3N3O3S/c12-11(13,14)8-4-1-2-5-9(8)21(19,20)16-10(18)17-7-3-6-15-17/h1-6,15H,7H2,(H,16,18). The van der Waals surface area contributed by atoms with Crippen LogP contribution in [0.25, 0.3) is 0 Å². The van der Waals surface area contributed by atoms with Crippen molar-refractivity contribution in [3.8, 4) is 0 Å². The van der Waals surface area contributed by atoms with Crippen LogP contribution in [0.15, 0.2) is 41.4 Å². The molecule has 114 valence electrons. The molecule has 0 fully saturated rings. The van der Waals surface area contributed by atoms with Crippen molar-refractivity contribution in [2.75, 3.05) is 6.54 Å². The van der Waals surface area contributed by atoms with E-state index in [1.54, 1.807) is 4.72 Å². The summed E-state index contributed by atoms with van der Waals surface area (Å²) in [5, 5.41) is 0.897. The molecule has 0 spiro atoms. The van der Waals surface area contributed by atoms with Crippen molar-refractivity contribution in [1.82, 2.24) is 15.2 Å². The van der Waals surface area contributed by atoms with E-state index in [4.69, 9.17) is 0 Å². The number of hydrazine groups is 1. The molecule has 1 aliphatic rings. The zero-order valence-corrected chi connectivity index (χ0v) is 11.2. The Balaban J connectivity index is 2.30. The summed E-state index contributed by atoms with van der Waals surface area (Å²) in [5.74, 6) is 0. The van der Waals surface area contributed by atoms with Crippen LogP contribution in [0.3, 0.4) is 0 Å². The number of hydrogen-bond donors (Lipinski definition) is 2. The number of alkyl halides is 3. The lowest BCUT2D eigenvalue weighted by atomic mass is 10.2. The summed E-state index contributed by atoms with van der Waals surface area (Å²) in [7, 11) is -4.64. The molecule has 21 heavy (non-hydrogen) atoms. The molecule has 0 atom stereocenters. The predicted octanol–water partition coefficient (Wildman–Crippen LogP) is 1.44. The number of nitrogens with one attached hydrogen (secondary N) is 2. The van der Waals surface area contributed by atoms with Crippen LogP contribution in [0.4, 0.5) is 18.0 Å². The molecule has 0 aromatic heterocycles. The highest BCUT2D eigenvalue weighted by Crippen LogP contribution is 2.33. The van der Waals surface area contributed by atoms with E-state index in [1.165, 1.54) is 12.3 Å². The number of carbonyl (C=O) groups excluding carboxylic acids is 1. The van der Waals surface area contributed by atoms with Crippen LogP contribution >= 0.6 is 0 Å². The maximum Gasteiger partial charge on any atom is 0.417 e. The minimum absolute atomic E-state index is 0.0995. The number of benzene rings is 1. The van der Waals surface area contributed by atoms with Crippen LogP contribution in [0, 0.1) is 0 Å². The van der Waals surface area contributed by atoms with Crippen LogP contribution in [0.2, 0.25) is 0 Å². The largest absolute Gasteiger partial charge is 0.417 e. The topological polar surface area (TPSA) is 78.5 Å². The Morgan fingerprint density at radius 1 is 1.29 bits per heavy atom. The fraction of sp³-hybridized carbons (Fsp3) is 0.182. The number of rotatable bonds is 2. The Kier molecular flexibility index (Phi) is 3.81. The van der Waals surface area contributed by atoms with Crippen molar-refractivity contribution in [3.63, 3.8) is 0 Å². The second kappa shape index (κ2) is 5.28. The van der Waals surface area contributed by atoms with Gasteiger partial charge in [-0.1, -0.05) is 12.1 Å². The summed E-state index contributed by atoms with van der Waals surface area (Å²) in [6.07, 6.45) is -1.91. The van der Waals surface area contributed by atoms with E-state index in [0.717, 1.165) is 23.2 Å². The van der Waals surface area contributed by atoms with E-state index >= 15 is 0 Å². The van der Waals surface area contributed by atoms with Gasteiger partial charge in [0.2, 0.25) is 0 Å². The quantitative estimate of drug-likeness (QED) is 0.864. The summed E-state index contributed by atoms with van der Waals surface area (Å²) in [6, 6.07) is 2.56. The summed E-state index contributed by atoms with van der Waals surface area (Å²) in [6.45, 7) is 0.0995. The zero-order valence-electron chi connectivity index (χ0n) is 10.4. The predicted molar refractivity (Wildman–Crippen MR) is 66.1 cm³/mol. The normalized spacial score (nSPS) is 14.9. The van der Waals surface area contributed by atoms with E-state index in [2.05, 4.69) is 5.43 Å². The summed E-state index contributed by atoms with van der Waals surface area (Å²) >= 11 is 0. The highest BCUT2D eigenvalue weighted by molar-refractivity contribution is 7.90. The molecule has 2 rings (SSSR count). The molecular weight excluding hydrogens is 311 g/mol. The Bertz CT molecular complexity index is 677. The van der Waals surface area contributed by atoms with Gasteiger partial charge in [-0.25, -0.2) is 22.9 Å². The third-order valence-electron chi connectivity index (χ3n) is 2.59. The van der Waals surface area contributed by atoms with Gasteiger partial charge in [-0.3, -0.25) is 0 Å². The van der Waals surface area contributed by atoms with Gasteiger partial charge in [0.05, 0.1) is 17.0 Å². The summed E-state index contributed by atoms with van der Waals surface area (Å²) in [5.41, 5.74) is 1.09. The van der Waals surface area contributed by atoms with Gasteiger partial charge in [0, 0.05) is 6.20 Å². The van der Waals surface area contributed by atoms with Crippen LogP contribution < -0.4 is 10.1 Å². The second-order valence-electron chi connectivity index (χ2n) is 4.05. The number of carbonyl (C=O) groups is 1. The summed E-state index contributed by atoms with van der Waals surface area (Å²) < 4.78 is 63.9. The Hall–Kier alpha value is -2.23. The molecule has 0 saturated carbocycles. The Morgan fingerprint density at radius 3 is 2.52 bits per heavy atom. The van der Waals surface area contributed by atoms with Gasteiger partial charge in [0.15, 0.2) is 0 Å². The molecule has 0 aliphatic carbocycles.